The maximum Gasteiger partial charge on any atom is 0.295 e. The third-order valence-electron chi connectivity index (χ3n) is 4.59. The van der Waals surface area contributed by atoms with Gasteiger partial charge in [-0.15, -0.1) is 5.10 Å². The predicted molar refractivity (Wildman–Crippen MR) is 112 cm³/mol. The first-order valence-corrected chi connectivity index (χ1v) is 9.53. The number of hydrogen-bond acceptors (Lipinski definition) is 5. The van der Waals surface area contributed by atoms with Crippen molar-refractivity contribution >= 4 is 23.3 Å². The first-order chi connectivity index (χ1) is 14.6. The summed E-state index contributed by atoms with van der Waals surface area (Å²) in [6.45, 7) is 2.34. The van der Waals surface area contributed by atoms with E-state index in [-0.39, 0.29) is 11.7 Å². The van der Waals surface area contributed by atoms with E-state index in [2.05, 4.69) is 25.7 Å². The second-order valence-corrected chi connectivity index (χ2v) is 6.72. The fraction of sp³-hybridized carbons (Fsp3) is 0.136. The average Bonchev–Trinajstić information content (AvgIpc) is 3.21. The van der Waals surface area contributed by atoms with Gasteiger partial charge in [0.15, 0.2) is 0 Å². The molecule has 0 aliphatic carbocycles. The number of benzene rings is 2. The van der Waals surface area contributed by atoms with E-state index in [1.165, 1.54) is 4.52 Å². The highest BCUT2D eigenvalue weighted by Crippen LogP contribution is 2.16. The van der Waals surface area contributed by atoms with Crippen LogP contribution in [0, 0.1) is 6.92 Å². The molecule has 2 heterocycles. The average molecular weight is 400 g/mol. The van der Waals surface area contributed by atoms with E-state index in [0.29, 0.717) is 23.6 Å². The van der Waals surface area contributed by atoms with Crippen LogP contribution in [0.15, 0.2) is 66.9 Å². The smallest absolute Gasteiger partial charge is 0.295 e. The Morgan fingerprint density at radius 2 is 1.73 bits per heavy atom. The lowest BCUT2D eigenvalue weighted by Gasteiger charge is -2.10. The van der Waals surface area contributed by atoms with Gasteiger partial charge < -0.3 is 10.6 Å². The zero-order valence-electron chi connectivity index (χ0n) is 16.4. The van der Waals surface area contributed by atoms with Gasteiger partial charge >= 0.3 is 0 Å². The topological polar surface area (TPSA) is 101 Å². The molecule has 0 unspecified atom stereocenters. The number of nitrogens with zero attached hydrogens (tertiary/aromatic N) is 4. The van der Waals surface area contributed by atoms with E-state index in [0.717, 1.165) is 17.7 Å². The molecule has 4 rings (SSSR count). The summed E-state index contributed by atoms with van der Waals surface area (Å²) >= 11 is 0. The third kappa shape index (κ3) is 4.17. The van der Waals surface area contributed by atoms with Crippen molar-refractivity contribution in [3.05, 3.63) is 89.5 Å². The number of aromatic nitrogens is 4. The Bertz CT molecular complexity index is 1200. The van der Waals surface area contributed by atoms with Crippen molar-refractivity contribution in [2.75, 3.05) is 11.9 Å². The van der Waals surface area contributed by atoms with Crippen molar-refractivity contribution in [3.63, 3.8) is 0 Å². The van der Waals surface area contributed by atoms with Crippen molar-refractivity contribution in [1.82, 2.24) is 24.9 Å². The van der Waals surface area contributed by atoms with E-state index < -0.39 is 5.91 Å². The Balaban J connectivity index is 1.46. The summed E-state index contributed by atoms with van der Waals surface area (Å²) in [4.78, 5) is 33.6. The molecule has 150 valence electrons. The largest absolute Gasteiger partial charge is 0.352 e. The van der Waals surface area contributed by atoms with E-state index in [1.807, 2.05) is 37.3 Å². The minimum Gasteiger partial charge on any atom is -0.352 e. The van der Waals surface area contributed by atoms with Gasteiger partial charge in [-0.3, -0.25) is 9.59 Å². The van der Waals surface area contributed by atoms with Gasteiger partial charge in [0.25, 0.3) is 17.6 Å². The maximum atomic E-state index is 12.7. The highest BCUT2D eigenvalue weighted by Gasteiger charge is 2.18. The fourth-order valence-electron chi connectivity index (χ4n) is 3.03. The summed E-state index contributed by atoms with van der Waals surface area (Å²) in [6.07, 6.45) is 2.33. The zero-order chi connectivity index (χ0) is 20.9. The molecule has 0 saturated heterocycles. The van der Waals surface area contributed by atoms with Gasteiger partial charge in [-0.1, -0.05) is 42.5 Å². The van der Waals surface area contributed by atoms with Crippen LogP contribution in [0.25, 0.3) is 5.78 Å². The molecule has 0 aliphatic rings. The number of para-hydroxylation sites is 1. The zero-order valence-corrected chi connectivity index (χ0v) is 16.4. The van der Waals surface area contributed by atoms with Gasteiger partial charge in [-0.05, 0) is 37.1 Å². The fourth-order valence-corrected chi connectivity index (χ4v) is 3.03. The highest BCUT2D eigenvalue weighted by atomic mass is 16.2. The van der Waals surface area contributed by atoms with Crippen molar-refractivity contribution in [2.45, 2.75) is 13.3 Å². The number of aryl methyl sites for hydroxylation is 1. The number of carbonyl (C=O) groups excluding carboxylic acids is 2. The van der Waals surface area contributed by atoms with Crippen LogP contribution in [0.2, 0.25) is 0 Å². The van der Waals surface area contributed by atoms with E-state index >= 15 is 0 Å². The summed E-state index contributed by atoms with van der Waals surface area (Å²) in [7, 11) is 0. The Morgan fingerprint density at radius 1 is 0.967 bits per heavy atom. The molecule has 0 fully saturated rings. The second kappa shape index (κ2) is 8.52. The van der Waals surface area contributed by atoms with Gasteiger partial charge in [0.1, 0.15) is 0 Å². The minimum absolute atomic E-state index is 0.0175. The molecule has 30 heavy (non-hydrogen) atoms. The number of anilines is 1. The molecule has 0 saturated carbocycles. The summed E-state index contributed by atoms with van der Waals surface area (Å²) in [5.74, 6) is -0.449. The Hall–Kier alpha value is -4.07. The molecule has 2 aromatic heterocycles. The van der Waals surface area contributed by atoms with Crippen LogP contribution in [0.5, 0.6) is 0 Å². The molecular formula is C22H20N6O2. The minimum atomic E-state index is -0.510. The lowest BCUT2D eigenvalue weighted by Crippen LogP contribution is -2.27. The molecule has 8 heteroatoms. The van der Waals surface area contributed by atoms with Gasteiger partial charge in [-0.25, -0.2) is 9.50 Å². The van der Waals surface area contributed by atoms with E-state index in [4.69, 9.17) is 0 Å². The second-order valence-electron chi connectivity index (χ2n) is 6.72. The Kier molecular flexibility index (Phi) is 5.47. The first kappa shape index (κ1) is 19.3. The van der Waals surface area contributed by atoms with Crippen LogP contribution in [0.4, 0.5) is 5.69 Å². The molecule has 0 bridgehead atoms. The number of fused-ring (bicyclic) bond motifs is 1. The molecule has 2 aromatic carbocycles. The van der Waals surface area contributed by atoms with Crippen molar-refractivity contribution in [1.29, 1.82) is 0 Å². The standard InChI is InChI=1S/C22H20N6O2/c1-15-11-13-24-22-26-19(27-28(15)22)21(30)25-18-10-6-5-9-17(18)20(29)23-14-12-16-7-3-2-4-8-16/h2-11,13H,12,14H2,1H3,(H,23,29)(H,25,30). The number of hydrogen-bond donors (Lipinski definition) is 2. The molecule has 0 spiro atoms. The molecule has 2 amide bonds. The van der Waals surface area contributed by atoms with Crippen LogP contribution < -0.4 is 10.6 Å². The first-order valence-electron chi connectivity index (χ1n) is 9.53. The highest BCUT2D eigenvalue weighted by molar-refractivity contribution is 6.07. The molecule has 0 aliphatic heterocycles. The van der Waals surface area contributed by atoms with Crippen LogP contribution in [0.1, 0.15) is 32.2 Å². The Morgan fingerprint density at radius 3 is 2.53 bits per heavy atom. The van der Waals surface area contributed by atoms with Crippen LogP contribution >= 0.6 is 0 Å². The molecule has 0 radical (unpaired) electrons. The van der Waals surface area contributed by atoms with E-state index in [9.17, 15) is 9.59 Å². The maximum absolute atomic E-state index is 12.7. The SMILES string of the molecule is Cc1ccnc2nc(C(=O)Nc3ccccc3C(=O)NCCc3ccccc3)nn12. The van der Waals surface area contributed by atoms with E-state index in [1.54, 1.807) is 36.5 Å². The number of carbonyl (C=O) groups is 2. The number of amides is 2. The van der Waals surface area contributed by atoms with Crippen LogP contribution in [0.3, 0.4) is 0 Å². The molecule has 8 nitrogen and oxygen atoms in total. The summed E-state index contributed by atoms with van der Waals surface area (Å²) in [5, 5.41) is 9.82. The summed E-state index contributed by atoms with van der Waals surface area (Å²) in [6, 6.07) is 18.5. The van der Waals surface area contributed by atoms with Crippen molar-refractivity contribution < 1.29 is 9.59 Å². The molecular weight excluding hydrogens is 380 g/mol. The molecule has 0 atom stereocenters. The summed E-state index contributed by atoms with van der Waals surface area (Å²) in [5.41, 5.74) is 2.71. The lowest BCUT2D eigenvalue weighted by atomic mass is 10.1. The predicted octanol–water partition coefficient (Wildman–Crippen LogP) is 2.66. The summed E-state index contributed by atoms with van der Waals surface area (Å²) < 4.78 is 1.50. The lowest BCUT2D eigenvalue weighted by molar-refractivity contribution is 0.0955. The van der Waals surface area contributed by atoms with Crippen LogP contribution in [-0.2, 0) is 6.42 Å². The van der Waals surface area contributed by atoms with Crippen molar-refractivity contribution in [2.24, 2.45) is 0 Å². The van der Waals surface area contributed by atoms with Gasteiger partial charge in [0.2, 0.25) is 5.82 Å². The number of rotatable bonds is 6. The monoisotopic (exact) mass is 400 g/mol. The normalized spacial score (nSPS) is 10.7. The van der Waals surface area contributed by atoms with Crippen LogP contribution in [-0.4, -0.2) is 37.9 Å². The van der Waals surface area contributed by atoms with Gasteiger partial charge in [0.05, 0.1) is 11.3 Å². The number of nitrogens with one attached hydrogen (secondary N) is 2. The Labute approximate surface area is 173 Å². The van der Waals surface area contributed by atoms with Crippen molar-refractivity contribution in [3.8, 4) is 0 Å². The van der Waals surface area contributed by atoms with Gasteiger partial charge in [0, 0.05) is 18.4 Å². The quantitative estimate of drug-likeness (QED) is 0.518. The third-order valence-corrected chi connectivity index (χ3v) is 4.59. The molecule has 4 aromatic rings. The van der Waals surface area contributed by atoms with Gasteiger partial charge in [-0.2, -0.15) is 4.98 Å². The molecule has 2 N–H and O–H groups in total.